The van der Waals surface area contributed by atoms with Crippen LogP contribution in [0.3, 0.4) is 0 Å². The highest BCUT2D eigenvalue weighted by Gasteiger charge is 2.32. The van der Waals surface area contributed by atoms with Gasteiger partial charge in [-0.25, -0.2) is 0 Å². The topological polar surface area (TPSA) is 39.7 Å². The van der Waals surface area contributed by atoms with Gasteiger partial charge in [0, 0.05) is 20.1 Å². The Morgan fingerprint density at radius 3 is 2.08 bits per heavy atom. The number of alkyl halides is 6. The number of likely N-dealkylation sites (tertiary alicyclic amines) is 1. The summed E-state index contributed by atoms with van der Waals surface area (Å²) in [4.78, 5) is 5.24. The van der Waals surface area contributed by atoms with Crippen LogP contribution in [0, 0.1) is 5.92 Å². The van der Waals surface area contributed by atoms with Crippen molar-refractivity contribution in [3.05, 3.63) is 0 Å². The summed E-state index contributed by atoms with van der Waals surface area (Å²) in [6.07, 6.45) is -7.18. The molecule has 0 aromatic rings. The van der Waals surface area contributed by atoms with E-state index < -0.39 is 25.3 Å². The van der Waals surface area contributed by atoms with Crippen LogP contribution in [0.25, 0.3) is 0 Å². The fourth-order valence-corrected chi connectivity index (χ4v) is 2.62. The van der Waals surface area contributed by atoms with Crippen LogP contribution in [0.2, 0.25) is 0 Å². The van der Waals surface area contributed by atoms with Gasteiger partial charge >= 0.3 is 12.4 Å². The van der Waals surface area contributed by atoms with Crippen LogP contribution in [0.15, 0.2) is 4.99 Å². The molecule has 0 spiro atoms. The first-order chi connectivity index (χ1) is 11.1. The maximum atomic E-state index is 12.3. The van der Waals surface area contributed by atoms with Gasteiger partial charge in [-0.15, -0.1) is 0 Å². The molecular formula is C14H24F6N4. The zero-order chi connectivity index (χ0) is 18.2. The van der Waals surface area contributed by atoms with Crippen molar-refractivity contribution in [3.8, 4) is 0 Å². The average molecular weight is 362 g/mol. The van der Waals surface area contributed by atoms with E-state index in [0.717, 1.165) is 6.42 Å². The largest absolute Gasteiger partial charge is 0.401 e. The van der Waals surface area contributed by atoms with E-state index >= 15 is 0 Å². The van der Waals surface area contributed by atoms with Crippen LogP contribution in [0.1, 0.15) is 25.7 Å². The SMILES string of the molecule is CN=C(NCCC1CCN(CC(F)(F)F)CC1)NCCC(F)(F)F. The molecule has 2 N–H and O–H groups in total. The molecule has 0 aliphatic carbocycles. The number of hydrogen-bond acceptors (Lipinski definition) is 2. The molecule has 4 nitrogen and oxygen atoms in total. The Labute approximate surface area is 137 Å². The molecule has 0 aromatic heterocycles. The predicted octanol–water partition coefficient (Wildman–Crippen LogP) is 2.77. The van der Waals surface area contributed by atoms with Crippen molar-refractivity contribution < 1.29 is 26.3 Å². The molecule has 0 bridgehead atoms. The summed E-state index contributed by atoms with van der Waals surface area (Å²) < 4.78 is 73.1. The highest BCUT2D eigenvalue weighted by Crippen LogP contribution is 2.24. The number of halogens is 6. The molecule has 142 valence electrons. The summed E-state index contributed by atoms with van der Waals surface area (Å²) in [5.41, 5.74) is 0. The first-order valence-electron chi connectivity index (χ1n) is 7.89. The lowest BCUT2D eigenvalue weighted by atomic mass is 9.93. The smallest absolute Gasteiger partial charge is 0.356 e. The minimum atomic E-state index is -4.21. The molecule has 10 heteroatoms. The molecule has 0 amide bonds. The molecule has 0 aromatic carbocycles. The molecule has 1 aliphatic rings. The standard InChI is InChI=1S/C14H24F6N4/c1-21-12(23-7-5-13(15,16)17)22-6-2-11-3-8-24(9-4-11)10-14(18,19)20/h11H,2-10H2,1H3,(H2,21,22,23). The minimum Gasteiger partial charge on any atom is -0.356 e. The number of nitrogens with one attached hydrogen (secondary N) is 2. The molecule has 1 heterocycles. The Bertz CT molecular complexity index is 386. The third-order valence-corrected chi connectivity index (χ3v) is 3.88. The normalized spacial score (nSPS) is 18.7. The minimum absolute atomic E-state index is 0.251. The fraction of sp³-hybridized carbons (Fsp3) is 0.929. The highest BCUT2D eigenvalue weighted by molar-refractivity contribution is 5.79. The average Bonchev–Trinajstić information content (AvgIpc) is 2.44. The van der Waals surface area contributed by atoms with E-state index in [-0.39, 0.29) is 6.54 Å². The third kappa shape index (κ3) is 9.84. The number of rotatable bonds is 6. The number of nitrogens with zero attached hydrogens (tertiary/aromatic N) is 2. The quantitative estimate of drug-likeness (QED) is 0.434. The van der Waals surface area contributed by atoms with Gasteiger partial charge in [-0.2, -0.15) is 26.3 Å². The molecule has 1 rings (SSSR count). The summed E-state index contributed by atoms with van der Waals surface area (Å²) in [5, 5.41) is 5.51. The maximum Gasteiger partial charge on any atom is 0.401 e. The Morgan fingerprint density at radius 2 is 1.58 bits per heavy atom. The van der Waals surface area contributed by atoms with Gasteiger partial charge in [0.2, 0.25) is 0 Å². The van der Waals surface area contributed by atoms with Gasteiger partial charge in [0.15, 0.2) is 5.96 Å². The molecule has 0 unspecified atom stereocenters. The number of hydrogen-bond donors (Lipinski definition) is 2. The fourth-order valence-electron chi connectivity index (χ4n) is 2.62. The van der Waals surface area contributed by atoms with Gasteiger partial charge in [-0.05, 0) is 38.3 Å². The highest BCUT2D eigenvalue weighted by atomic mass is 19.4. The second-order valence-corrected chi connectivity index (χ2v) is 5.91. The lowest BCUT2D eigenvalue weighted by Crippen LogP contribution is -2.42. The maximum absolute atomic E-state index is 12.3. The predicted molar refractivity (Wildman–Crippen MR) is 79.9 cm³/mol. The molecule has 24 heavy (non-hydrogen) atoms. The van der Waals surface area contributed by atoms with Crippen LogP contribution in [-0.4, -0.2) is 63.0 Å². The van der Waals surface area contributed by atoms with E-state index in [1.165, 1.54) is 11.9 Å². The number of aliphatic imine (C=N–C) groups is 1. The molecule has 0 saturated carbocycles. The van der Waals surface area contributed by atoms with Gasteiger partial charge in [0.05, 0.1) is 13.0 Å². The second-order valence-electron chi connectivity index (χ2n) is 5.91. The zero-order valence-electron chi connectivity index (χ0n) is 13.6. The first-order valence-corrected chi connectivity index (χ1v) is 7.89. The van der Waals surface area contributed by atoms with Crippen molar-refractivity contribution in [3.63, 3.8) is 0 Å². The second kappa shape index (κ2) is 9.33. The molecule has 1 saturated heterocycles. The lowest BCUT2D eigenvalue weighted by molar-refractivity contribution is -0.148. The first kappa shape index (κ1) is 20.9. The molecule has 0 radical (unpaired) electrons. The van der Waals surface area contributed by atoms with E-state index in [4.69, 9.17) is 0 Å². The van der Waals surface area contributed by atoms with Crippen LogP contribution >= 0.6 is 0 Å². The van der Waals surface area contributed by atoms with E-state index in [1.807, 2.05) is 0 Å². The van der Waals surface area contributed by atoms with Crippen LogP contribution in [0.4, 0.5) is 26.3 Å². The van der Waals surface area contributed by atoms with E-state index in [0.29, 0.717) is 44.4 Å². The summed E-state index contributed by atoms with van der Waals surface area (Å²) in [5.74, 6) is 0.615. The molecule has 1 aliphatic heterocycles. The van der Waals surface area contributed by atoms with Gasteiger partial charge in [0.25, 0.3) is 0 Å². The van der Waals surface area contributed by atoms with Crippen molar-refractivity contribution in [1.29, 1.82) is 0 Å². The summed E-state index contributed by atoms with van der Waals surface area (Å²) >= 11 is 0. The van der Waals surface area contributed by atoms with Crippen LogP contribution in [-0.2, 0) is 0 Å². The van der Waals surface area contributed by atoms with Crippen molar-refractivity contribution in [2.24, 2.45) is 10.9 Å². The summed E-state index contributed by atoms with van der Waals surface area (Å²) in [7, 11) is 1.47. The van der Waals surface area contributed by atoms with E-state index in [2.05, 4.69) is 15.6 Å². The van der Waals surface area contributed by atoms with Crippen molar-refractivity contribution in [2.45, 2.75) is 38.0 Å². The number of piperidine rings is 1. The van der Waals surface area contributed by atoms with Crippen molar-refractivity contribution in [2.75, 3.05) is 39.8 Å². The molecular weight excluding hydrogens is 338 g/mol. The Balaban J connectivity index is 2.16. The Hall–Kier alpha value is -1.19. The van der Waals surface area contributed by atoms with E-state index in [1.54, 1.807) is 0 Å². The van der Waals surface area contributed by atoms with Crippen molar-refractivity contribution >= 4 is 5.96 Å². The molecule has 1 fully saturated rings. The van der Waals surface area contributed by atoms with Crippen LogP contribution < -0.4 is 10.6 Å². The zero-order valence-corrected chi connectivity index (χ0v) is 13.6. The van der Waals surface area contributed by atoms with Gasteiger partial charge < -0.3 is 10.6 Å². The van der Waals surface area contributed by atoms with Crippen LogP contribution in [0.5, 0.6) is 0 Å². The van der Waals surface area contributed by atoms with E-state index in [9.17, 15) is 26.3 Å². The monoisotopic (exact) mass is 362 g/mol. The lowest BCUT2D eigenvalue weighted by Gasteiger charge is -2.32. The van der Waals surface area contributed by atoms with Gasteiger partial charge in [-0.3, -0.25) is 9.89 Å². The third-order valence-electron chi connectivity index (χ3n) is 3.88. The summed E-state index contributed by atoms with van der Waals surface area (Å²) in [6, 6.07) is 0. The molecule has 0 atom stereocenters. The van der Waals surface area contributed by atoms with Crippen molar-refractivity contribution in [1.82, 2.24) is 15.5 Å². The number of guanidine groups is 1. The van der Waals surface area contributed by atoms with Gasteiger partial charge in [0.1, 0.15) is 0 Å². The van der Waals surface area contributed by atoms with Gasteiger partial charge in [-0.1, -0.05) is 0 Å². The Kier molecular flexibility index (Phi) is 8.11. The Morgan fingerprint density at radius 1 is 1.00 bits per heavy atom. The summed E-state index contributed by atoms with van der Waals surface area (Å²) in [6.45, 7) is 0.244.